The molecule has 2 aliphatic heterocycles. The monoisotopic (exact) mass is 530 g/mol. The number of nitrogens with two attached hydrogens (primary N) is 1. The van der Waals surface area contributed by atoms with E-state index in [2.05, 4.69) is 11.0 Å². The van der Waals surface area contributed by atoms with Crippen molar-refractivity contribution >= 4 is 5.91 Å². The number of primary amides is 1. The first-order valence-corrected chi connectivity index (χ1v) is 14.7. The van der Waals surface area contributed by atoms with Gasteiger partial charge in [-0.1, -0.05) is 18.2 Å². The summed E-state index contributed by atoms with van der Waals surface area (Å²) >= 11 is 0. The SMILES string of the molecule is COC12CCC3(C[C@@H]1COCc1ccc(C(N)=O)cc1)[C@H]1Cc4ccc(O)c5c4C3(CCN1CC1CC1)[C@H]2O5. The summed E-state index contributed by atoms with van der Waals surface area (Å²) in [6.07, 6.45) is 7.86. The zero-order valence-corrected chi connectivity index (χ0v) is 22.7. The zero-order valence-electron chi connectivity index (χ0n) is 22.7. The molecule has 7 aliphatic rings. The van der Waals surface area contributed by atoms with Gasteiger partial charge >= 0.3 is 0 Å². The van der Waals surface area contributed by atoms with E-state index in [4.69, 9.17) is 19.9 Å². The minimum absolute atomic E-state index is 0.0916. The van der Waals surface area contributed by atoms with Crippen LogP contribution in [0, 0.1) is 17.3 Å². The Bertz CT molecular complexity index is 1340. The highest BCUT2D eigenvalue weighted by Gasteiger charge is 2.80. The molecule has 5 aliphatic carbocycles. The maximum Gasteiger partial charge on any atom is 0.248 e. The molecule has 5 fully saturated rings. The number of carbonyl (C=O) groups is 1. The van der Waals surface area contributed by atoms with Crippen molar-refractivity contribution in [1.82, 2.24) is 4.90 Å². The van der Waals surface area contributed by atoms with Crippen molar-refractivity contribution in [3.8, 4) is 11.5 Å². The van der Waals surface area contributed by atoms with Crippen LogP contribution in [0.1, 0.15) is 65.6 Å². The van der Waals surface area contributed by atoms with Gasteiger partial charge in [-0.25, -0.2) is 0 Å². The van der Waals surface area contributed by atoms with E-state index in [1.807, 2.05) is 25.3 Å². The fourth-order valence-electron chi connectivity index (χ4n) is 9.83. The number of hydrogen-bond acceptors (Lipinski definition) is 6. The van der Waals surface area contributed by atoms with Crippen molar-refractivity contribution < 1.29 is 24.1 Å². The number of benzene rings is 2. The highest BCUT2D eigenvalue weighted by molar-refractivity contribution is 5.92. The van der Waals surface area contributed by atoms with Gasteiger partial charge in [0.25, 0.3) is 0 Å². The molecule has 3 unspecified atom stereocenters. The number of aromatic hydroxyl groups is 1. The van der Waals surface area contributed by atoms with Gasteiger partial charge in [0.1, 0.15) is 11.7 Å². The molecule has 2 heterocycles. The van der Waals surface area contributed by atoms with Gasteiger partial charge in [0, 0.05) is 47.6 Å². The van der Waals surface area contributed by atoms with Gasteiger partial charge < -0.3 is 25.1 Å². The van der Waals surface area contributed by atoms with Crippen LogP contribution in [0.4, 0.5) is 0 Å². The number of phenolic OH excluding ortho intramolecular Hbond substituents is 1. The molecule has 0 radical (unpaired) electrons. The van der Waals surface area contributed by atoms with Crippen LogP contribution in [0.2, 0.25) is 0 Å². The molecule has 6 atom stereocenters. The molecule has 9 rings (SSSR count). The Morgan fingerprint density at radius 1 is 1.15 bits per heavy atom. The number of carbonyl (C=O) groups excluding carboxylic acids is 1. The average molecular weight is 531 g/mol. The van der Waals surface area contributed by atoms with Gasteiger partial charge in [0.2, 0.25) is 5.91 Å². The number of piperidine rings is 1. The van der Waals surface area contributed by atoms with Gasteiger partial charge in [-0.2, -0.15) is 0 Å². The van der Waals surface area contributed by atoms with E-state index in [9.17, 15) is 9.90 Å². The lowest BCUT2D eigenvalue weighted by atomic mass is 9.35. The van der Waals surface area contributed by atoms with Gasteiger partial charge in [0.15, 0.2) is 11.5 Å². The second-order valence-electron chi connectivity index (χ2n) is 13.1. The molecule has 0 aromatic heterocycles. The fourth-order valence-corrected chi connectivity index (χ4v) is 9.83. The van der Waals surface area contributed by atoms with Crippen molar-refractivity contribution in [2.45, 2.75) is 74.7 Å². The highest BCUT2D eigenvalue weighted by atomic mass is 16.6. The van der Waals surface area contributed by atoms with Gasteiger partial charge in [0.05, 0.1) is 13.2 Å². The maximum atomic E-state index is 11.4. The number of nitrogens with zero attached hydrogens (tertiary/aromatic N) is 1. The summed E-state index contributed by atoms with van der Waals surface area (Å²) in [5.41, 5.74) is 9.11. The van der Waals surface area contributed by atoms with E-state index >= 15 is 0 Å². The number of methoxy groups -OCH3 is 1. The lowest BCUT2D eigenvalue weighted by Gasteiger charge is -2.74. The van der Waals surface area contributed by atoms with Crippen molar-refractivity contribution in [3.63, 3.8) is 0 Å². The summed E-state index contributed by atoms with van der Waals surface area (Å²) in [6, 6.07) is 11.8. The second kappa shape index (κ2) is 8.21. The van der Waals surface area contributed by atoms with E-state index in [1.165, 1.54) is 30.5 Å². The van der Waals surface area contributed by atoms with Crippen LogP contribution < -0.4 is 10.5 Å². The Balaban J connectivity index is 1.15. The van der Waals surface area contributed by atoms with Crippen molar-refractivity contribution in [2.24, 2.45) is 23.0 Å². The normalized spacial score (nSPS) is 37.4. The minimum atomic E-state index is -0.457. The van der Waals surface area contributed by atoms with Crippen molar-refractivity contribution in [1.29, 1.82) is 0 Å². The molecule has 1 saturated heterocycles. The standard InChI is InChI=1S/C32H38N2O5/c1-37-32-11-10-30(15-23(32)18-38-17-20-4-6-21(7-5-20)28(33)36)25-14-22-8-9-24(35)27-26(22)31(30,29(32)39-27)12-13-34(25)16-19-2-3-19/h4-9,19,23,25,29,35H,2-3,10-18H2,1H3,(H2,33,36)/t23-,25-,29-,30?,31?,32?/m1/s1. The molecule has 206 valence electrons. The number of hydrogen-bond donors (Lipinski definition) is 2. The molecule has 2 aromatic rings. The van der Waals surface area contributed by atoms with Crippen LogP contribution in [-0.4, -0.2) is 60.5 Å². The van der Waals surface area contributed by atoms with Crippen LogP contribution >= 0.6 is 0 Å². The van der Waals surface area contributed by atoms with Gasteiger partial charge in [-0.3, -0.25) is 9.69 Å². The molecule has 3 N–H and O–H groups in total. The molecule has 7 heteroatoms. The molecular weight excluding hydrogens is 492 g/mol. The van der Waals surface area contributed by atoms with E-state index in [1.54, 1.807) is 12.1 Å². The lowest BCUT2D eigenvalue weighted by molar-refractivity contribution is -0.283. The largest absolute Gasteiger partial charge is 0.504 e. The molecule has 39 heavy (non-hydrogen) atoms. The number of phenols is 1. The first kappa shape index (κ1) is 24.2. The number of amides is 1. The minimum Gasteiger partial charge on any atom is -0.504 e. The van der Waals surface area contributed by atoms with Gasteiger partial charge in [-0.15, -0.1) is 0 Å². The summed E-state index contributed by atoms with van der Waals surface area (Å²) in [5.74, 6) is 1.62. The molecule has 2 aromatic carbocycles. The lowest BCUT2D eigenvalue weighted by Crippen LogP contribution is -2.81. The zero-order chi connectivity index (χ0) is 26.6. The van der Waals surface area contributed by atoms with Crippen molar-refractivity contribution in [3.05, 3.63) is 58.7 Å². The molecule has 4 saturated carbocycles. The summed E-state index contributed by atoms with van der Waals surface area (Å²) in [7, 11) is 1.85. The van der Waals surface area contributed by atoms with E-state index in [-0.39, 0.29) is 28.6 Å². The number of ether oxygens (including phenoxy) is 3. The Kier molecular flexibility index (Phi) is 5.10. The molecule has 2 spiro atoms. The van der Waals surface area contributed by atoms with Crippen molar-refractivity contribution in [2.75, 3.05) is 26.8 Å². The third-order valence-corrected chi connectivity index (χ3v) is 11.6. The molecule has 7 nitrogen and oxygen atoms in total. The third-order valence-electron chi connectivity index (χ3n) is 11.6. The summed E-state index contributed by atoms with van der Waals surface area (Å²) < 4.78 is 19.9. The average Bonchev–Trinajstić information content (AvgIpc) is 3.68. The Labute approximate surface area is 229 Å². The summed E-state index contributed by atoms with van der Waals surface area (Å²) in [4.78, 5) is 14.3. The molecular formula is C32H38N2O5. The summed E-state index contributed by atoms with van der Waals surface area (Å²) in [5, 5.41) is 11.0. The smallest absolute Gasteiger partial charge is 0.248 e. The summed E-state index contributed by atoms with van der Waals surface area (Å²) in [6.45, 7) is 3.38. The fraction of sp³-hybridized carbons (Fsp3) is 0.594. The third kappa shape index (κ3) is 3.07. The highest BCUT2D eigenvalue weighted by Crippen LogP contribution is 2.76. The Hall–Kier alpha value is -2.61. The maximum absolute atomic E-state index is 11.4. The molecule has 1 amide bonds. The van der Waals surface area contributed by atoms with Crippen LogP contribution in [0.3, 0.4) is 0 Å². The topological polar surface area (TPSA) is 94.2 Å². The Morgan fingerprint density at radius 3 is 2.72 bits per heavy atom. The first-order valence-electron chi connectivity index (χ1n) is 14.7. The van der Waals surface area contributed by atoms with Crippen LogP contribution in [-0.2, 0) is 27.9 Å². The van der Waals surface area contributed by atoms with Crippen LogP contribution in [0.5, 0.6) is 11.5 Å². The van der Waals surface area contributed by atoms with E-state index < -0.39 is 11.5 Å². The second-order valence-corrected chi connectivity index (χ2v) is 13.1. The van der Waals surface area contributed by atoms with E-state index in [0.29, 0.717) is 24.8 Å². The van der Waals surface area contributed by atoms with E-state index in [0.717, 1.165) is 55.9 Å². The van der Waals surface area contributed by atoms with Crippen LogP contribution in [0.15, 0.2) is 36.4 Å². The number of fused-ring (bicyclic) bond motifs is 2. The Morgan fingerprint density at radius 2 is 1.97 bits per heavy atom. The number of rotatable bonds is 8. The predicted octanol–water partition coefficient (Wildman–Crippen LogP) is 3.93. The molecule has 4 bridgehead atoms. The predicted molar refractivity (Wildman–Crippen MR) is 145 cm³/mol. The number of likely N-dealkylation sites (tertiary alicyclic amines) is 1. The quantitative estimate of drug-likeness (QED) is 0.537. The van der Waals surface area contributed by atoms with Gasteiger partial charge in [-0.05, 0) is 86.7 Å². The van der Waals surface area contributed by atoms with Crippen LogP contribution in [0.25, 0.3) is 0 Å². The first-order chi connectivity index (χ1) is 18.9.